The van der Waals surface area contributed by atoms with Crippen LogP contribution >= 0.6 is 11.3 Å². The molecule has 2 rings (SSSR count). The smallest absolute Gasteiger partial charge is 0.225 e. The van der Waals surface area contributed by atoms with Gasteiger partial charge in [0.1, 0.15) is 10.6 Å². The number of aromatic nitrogens is 2. The first-order valence-corrected chi connectivity index (χ1v) is 7.30. The molecule has 0 fully saturated rings. The van der Waals surface area contributed by atoms with Crippen LogP contribution in [0.4, 0.5) is 11.8 Å². The lowest BCUT2D eigenvalue weighted by Gasteiger charge is -2.22. The van der Waals surface area contributed by atoms with E-state index < -0.39 is 0 Å². The summed E-state index contributed by atoms with van der Waals surface area (Å²) in [4.78, 5) is 23.5. The molecular weight excluding hydrogens is 274 g/mol. The van der Waals surface area contributed by atoms with E-state index in [4.69, 9.17) is 0 Å². The van der Waals surface area contributed by atoms with Crippen LogP contribution in [0.5, 0.6) is 0 Å². The van der Waals surface area contributed by atoms with E-state index in [0.717, 1.165) is 16.0 Å². The molecule has 0 radical (unpaired) electrons. The average molecular weight is 293 g/mol. The first-order valence-electron chi connectivity index (χ1n) is 6.42. The Morgan fingerprint density at radius 2 is 2.20 bits per heavy atom. The fraction of sp³-hybridized carbons (Fsp3) is 0.462. The molecule has 1 atom stereocenters. The molecular formula is C13H19N5OS. The van der Waals surface area contributed by atoms with Crippen LogP contribution in [0.1, 0.15) is 6.92 Å². The molecule has 108 valence electrons. The largest absolute Gasteiger partial charge is 0.359 e. The van der Waals surface area contributed by atoms with Gasteiger partial charge in [-0.3, -0.25) is 4.79 Å². The van der Waals surface area contributed by atoms with Gasteiger partial charge in [0.2, 0.25) is 11.9 Å². The first kappa shape index (κ1) is 14.5. The molecule has 0 aliphatic rings. The Morgan fingerprint density at radius 3 is 2.85 bits per heavy atom. The number of carbonyl (C=O) groups is 1. The lowest BCUT2D eigenvalue weighted by Crippen LogP contribution is -2.34. The molecule has 0 saturated heterocycles. The Bertz CT molecular complexity index is 612. The fourth-order valence-electron chi connectivity index (χ4n) is 2.07. The highest BCUT2D eigenvalue weighted by Crippen LogP contribution is 2.28. The van der Waals surface area contributed by atoms with E-state index in [1.807, 2.05) is 30.3 Å². The number of anilines is 2. The van der Waals surface area contributed by atoms with Gasteiger partial charge in [-0.25, -0.2) is 4.98 Å². The van der Waals surface area contributed by atoms with Crippen molar-refractivity contribution in [1.82, 2.24) is 15.3 Å². The second-order valence-corrected chi connectivity index (χ2v) is 5.55. The summed E-state index contributed by atoms with van der Waals surface area (Å²) in [7, 11) is 5.39. The number of nitrogens with zero attached hydrogens (tertiary/aromatic N) is 3. The molecule has 0 saturated carbocycles. The summed E-state index contributed by atoms with van der Waals surface area (Å²) < 4.78 is 0. The standard InChI is InChI=1S/C13H19N5OS/c1-8(11(19)14-2)7-18(4)10-9-5-6-20-12(9)17-13(15-3)16-10/h5-6,8H,7H2,1-4H3,(H,14,19)(H,15,16,17). The summed E-state index contributed by atoms with van der Waals surface area (Å²) in [6.07, 6.45) is 0. The molecule has 0 aromatic carbocycles. The molecule has 2 N–H and O–H groups in total. The Kier molecular flexibility index (Phi) is 4.39. The van der Waals surface area contributed by atoms with E-state index in [2.05, 4.69) is 20.6 Å². The fourth-order valence-corrected chi connectivity index (χ4v) is 2.83. The zero-order valence-electron chi connectivity index (χ0n) is 12.1. The number of hydrogen-bond acceptors (Lipinski definition) is 6. The van der Waals surface area contributed by atoms with Gasteiger partial charge < -0.3 is 15.5 Å². The van der Waals surface area contributed by atoms with Crippen molar-refractivity contribution < 1.29 is 4.79 Å². The van der Waals surface area contributed by atoms with Crippen molar-refractivity contribution in [3.63, 3.8) is 0 Å². The second kappa shape index (κ2) is 6.04. The van der Waals surface area contributed by atoms with Crippen LogP contribution in [0.25, 0.3) is 10.2 Å². The highest BCUT2D eigenvalue weighted by molar-refractivity contribution is 7.16. The summed E-state index contributed by atoms with van der Waals surface area (Å²) >= 11 is 1.58. The van der Waals surface area contributed by atoms with Gasteiger partial charge in [-0.1, -0.05) is 6.92 Å². The second-order valence-electron chi connectivity index (χ2n) is 4.66. The summed E-state index contributed by atoms with van der Waals surface area (Å²) in [6, 6.07) is 2.01. The predicted octanol–water partition coefficient (Wildman–Crippen LogP) is 1.55. The van der Waals surface area contributed by atoms with E-state index in [0.29, 0.717) is 12.5 Å². The normalized spacial score (nSPS) is 12.2. The van der Waals surface area contributed by atoms with Gasteiger partial charge in [0.15, 0.2) is 0 Å². The summed E-state index contributed by atoms with van der Waals surface area (Å²) in [5.74, 6) is 1.36. The van der Waals surface area contributed by atoms with E-state index in [1.165, 1.54) is 0 Å². The molecule has 2 aromatic heterocycles. The van der Waals surface area contributed by atoms with Crippen molar-refractivity contribution in [2.24, 2.45) is 5.92 Å². The average Bonchev–Trinajstić information content (AvgIpc) is 2.92. The molecule has 2 heterocycles. The maximum Gasteiger partial charge on any atom is 0.225 e. The molecule has 0 aliphatic carbocycles. The third kappa shape index (κ3) is 2.82. The van der Waals surface area contributed by atoms with Gasteiger partial charge >= 0.3 is 0 Å². The topological polar surface area (TPSA) is 70.2 Å². The Labute approximate surface area is 122 Å². The van der Waals surface area contributed by atoms with E-state index in [9.17, 15) is 4.79 Å². The number of rotatable bonds is 5. The minimum Gasteiger partial charge on any atom is -0.359 e. The van der Waals surface area contributed by atoms with Crippen molar-refractivity contribution in [3.8, 4) is 0 Å². The van der Waals surface area contributed by atoms with Gasteiger partial charge in [-0.2, -0.15) is 4.98 Å². The van der Waals surface area contributed by atoms with Crippen LogP contribution in [-0.2, 0) is 4.79 Å². The van der Waals surface area contributed by atoms with Crippen LogP contribution in [-0.4, -0.2) is 43.6 Å². The van der Waals surface area contributed by atoms with Gasteiger partial charge in [0.25, 0.3) is 0 Å². The quantitative estimate of drug-likeness (QED) is 0.875. The summed E-state index contributed by atoms with van der Waals surface area (Å²) in [5.41, 5.74) is 0. The highest BCUT2D eigenvalue weighted by Gasteiger charge is 2.17. The molecule has 0 bridgehead atoms. The zero-order valence-corrected chi connectivity index (χ0v) is 12.9. The molecule has 0 spiro atoms. The van der Waals surface area contributed by atoms with Gasteiger partial charge in [-0.15, -0.1) is 11.3 Å². The minimum atomic E-state index is -0.105. The first-order chi connectivity index (χ1) is 9.56. The number of hydrogen-bond donors (Lipinski definition) is 2. The van der Waals surface area contributed by atoms with E-state index in [1.54, 1.807) is 25.4 Å². The molecule has 20 heavy (non-hydrogen) atoms. The summed E-state index contributed by atoms with van der Waals surface area (Å²) in [5, 5.41) is 8.65. The Hall–Kier alpha value is -1.89. The number of amides is 1. The molecule has 7 heteroatoms. The summed E-state index contributed by atoms with van der Waals surface area (Å²) in [6.45, 7) is 2.51. The van der Waals surface area contributed by atoms with Crippen molar-refractivity contribution in [2.75, 3.05) is 37.9 Å². The molecule has 6 nitrogen and oxygen atoms in total. The lowest BCUT2D eigenvalue weighted by atomic mass is 10.1. The Balaban J connectivity index is 2.31. The molecule has 0 aliphatic heterocycles. The monoisotopic (exact) mass is 293 g/mol. The van der Waals surface area contributed by atoms with Crippen LogP contribution in [0.2, 0.25) is 0 Å². The zero-order chi connectivity index (χ0) is 14.7. The third-order valence-corrected chi connectivity index (χ3v) is 3.94. The lowest BCUT2D eigenvalue weighted by molar-refractivity contribution is -0.123. The molecule has 2 aromatic rings. The van der Waals surface area contributed by atoms with Crippen LogP contribution in [0.3, 0.4) is 0 Å². The van der Waals surface area contributed by atoms with Crippen LogP contribution in [0, 0.1) is 5.92 Å². The van der Waals surface area contributed by atoms with Crippen molar-refractivity contribution in [1.29, 1.82) is 0 Å². The van der Waals surface area contributed by atoms with Crippen molar-refractivity contribution >= 4 is 39.2 Å². The maximum absolute atomic E-state index is 11.6. The third-order valence-electron chi connectivity index (χ3n) is 3.13. The number of fused-ring (bicyclic) bond motifs is 1. The van der Waals surface area contributed by atoms with E-state index in [-0.39, 0.29) is 11.8 Å². The van der Waals surface area contributed by atoms with E-state index >= 15 is 0 Å². The number of nitrogens with one attached hydrogen (secondary N) is 2. The molecule has 1 amide bonds. The van der Waals surface area contributed by atoms with Crippen LogP contribution in [0.15, 0.2) is 11.4 Å². The molecule has 1 unspecified atom stereocenters. The van der Waals surface area contributed by atoms with Gasteiger partial charge in [0.05, 0.1) is 11.3 Å². The van der Waals surface area contributed by atoms with Gasteiger partial charge in [-0.05, 0) is 11.4 Å². The SMILES string of the molecule is CNC(=O)C(C)CN(C)c1nc(NC)nc2sccc12. The van der Waals surface area contributed by atoms with Crippen LogP contribution < -0.4 is 15.5 Å². The number of thiophene rings is 1. The number of carbonyl (C=O) groups excluding carboxylic acids is 1. The predicted molar refractivity (Wildman–Crippen MR) is 83.5 cm³/mol. The minimum absolute atomic E-state index is 0.0290. The van der Waals surface area contributed by atoms with Crippen molar-refractivity contribution in [2.45, 2.75) is 6.92 Å². The maximum atomic E-state index is 11.6. The highest BCUT2D eigenvalue weighted by atomic mass is 32.1. The Morgan fingerprint density at radius 1 is 1.45 bits per heavy atom. The van der Waals surface area contributed by atoms with Crippen molar-refractivity contribution in [3.05, 3.63) is 11.4 Å². The van der Waals surface area contributed by atoms with Gasteiger partial charge in [0, 0.05) is 27.7 Å².